The highest BCUT2D eigenvalue weighted by molar-refractivity contribution is 5.95. The molecular formula is C18H17FN2O4. The van der Waals surface area contributed by atoms with Gasteiger partial charge in [-0.2, -0.15) is 0 Å². The van der Waals surface area contributed by atoms with Gasteiger partial charge in [-0.05, 0) is 36.4 Å². The SMILES string of the molecule is CC(=O)N(CCC(=O)Nc1ccc(F)cc1)c1ccc2c(c1)OCO2. The topological polar surface area (TPSA) is 67.9 Å². The van der Waals surface area contributed by atoms with Gasteiger partial charge in [0, 0.05) is 37.3 Å². The molecule has 0 bridgehead atoms. The fraction of sp³-hybridized carbons (Fsp3) is 0.222. The predicted octanol–water partition coefficient (Wildman–Crippen LogP) is 2.94. The Labute approximate surface area is 144 Å². The van der Waals surface area contributed by atoms with Crippen LogP contribution in [0, 0.1) is 5.82 Å². The Hall–Kier alpha value is -3.09. The van der Waals surface area contributed by atoms with Gasteiger partial charge in [0.2, 0.25) is 18.6 Å². The molecule has 7 heteroatoms. The molecule has 2 aromatic carbocycles. The van der Waals surface area contributed by atoms with Crippen molar-refractivity contribution in [3.05, 3.63) is 48.3 Å². The molecule has 6 nitrogen and oxygen atoms in total. The van der Waals surface area contributed by atoms with Crippen molar-refractivity contribution in [1.29, 1.82) is 0 Å². The second-order valence-electron chi connectivity index (χ2n) is 5.51. The Morgan fingerprint density at radius 3 is 2.56 bits per heavy atom. The van der Waals surface area contributed by atoms with Crippen molar-refractivity contribution < 1.29 is 23.5 Å². The van der Waals surface area contributed by atoms with E-state index in [1.165, 1.54) is 36.1 Å². The number of carbonyl (C=O) groups excluding carboxylic acids is 2. The maximum atomic E-state index is 12.9. The Kier molecular flexibility index (Phi) is 4.83. The van der Waals surface area contributed by atoms with Crippen molar-refractivity contribution in [2.24, 2.45) is 0 Å². The first kappa shape index (κ1) is 16.8. The summed E-state index contributed by atoms with van der Waals surface area (Å²) in [5.74, 6) is 0.372. The van der Waals surface area contributed by atoms with Gasteiger partial charge in [-0.3, -0.25) is 9.59 Å². The fourth-order valence-electron chi connectivity index (χ4n) is 2.49. The fourth-order valence-corrected chi connectivity index (χ4v) is 2.49. The smallest absolute Gasteiger partial charge is 0.231 e. The van der Waals surface area contributed by atoms with E-state index in [0.717, 1.165) is 0 Å². The van der Waals surface area contributed by atoms with E-state index in [1.54, 1.807) is 18.2 Å². The van der Waals surface area contributed by atoms with Crippen LogP contribution in [0.4, 0.5) is 15.8 Å². The van der Waals surface area contributed by atoms with Gasteiger partial charge in [-0.15, -0.1) is 0 Å². The second kappa shape index (κ2) is 7.21. The molecule has 0 aliphatic carbocycles. The number of anilines is 2. The zero-order chi connectivity index (χ0) is 17.8. The summed E-state index contributed by atoms with van der Waals surface area (Å²) < 4.78 is 23.4. The maximum Gasteiger partial charge on any atom is 0.231 e. The van der Waals surface area contributed by atoms with Gasteiger partial charge >= 0.3 is 0 Å². The van der Waals surface area contributed by atoms with Crippen molar-refractivity contribution in [3.63, 3.8) is 0 Å². The van der Waals surface area contributed by atoms with Gasteiger partial charge in [0.25, 0.3) is 0 Å². The summed E-state index contributed by atoms with van der Waals surface area (Å²) in [5, 5.41) is 2.67. The maximum absolute atomic E-state index is 12.9. The number of amides is 2. The summed E-state index contributed by atoms with van der Waals surface area (Å²) in [5.41, 5.74) is 1.13. The van der Waals surface area contributed by atoms with Crippen molar-refractivity contribution in [2.75, 3.05) is 23.6 Å². The van der Waals surface area contributed by atoms with Crippen molar-refractivity contribution in [1.82, 2.24) is 0 Å². The Morgan fingerprint density at radius 1 is 1.12 bits per heavy atom. The van der Waals surface area contributed by atoms with Crippen LogP contribution in [0.1, 0.15) is 13.3 Å². The number of nitrogens with zero attached hydrogens (tertiary/aromatic N) is 1. The lowest BCUT2D eigenvalue weighted by molar-refractivity contribution is -0.117. The molecule has 0 radical (unpaired) electrons. The third kappa shape index (κ3) is 4.06. The van der Waals surface area contributed by atoms with Crippen LogP contribution in [0.2, 0.25) is 0 Å². The number of nitrogens with one attached hydrogen (secondary N) is 1. The number of rotatable bonds is 5. The molecule has 0 saturated heterocycles. The van der Waals surface area contributed by atoms with E-state index in [4.69, 9.17) is 9.47 Å². The molecule has 0 saturated carbocycles. The van der Waals surface area contributed by atoms with Crippen LogP contribution in [0.5, 0.6) is 11.5 Å². The van der Waals surface area contributed by atoms with Crippen LogP contribution in [0.15, 0.2) is 42.5 Å². The monoisotopic (exact) mass is 344 g/mol. The predicted molar refractivity (Wildman–Crippen MR) is 90.2 cm³/mol. The highest BCUT2D eigenvalue weighted by Gasteiger charge is 2.19. The molecule has 3 rings (SSSR count). The van der Waals surface area contributed by atoms with E-state index in [2.05, 4.69) is 5.32 Å². The van der Waals surface area contributed by atoms with E-state index < -0.39 is 0 Å². The molecule has 1 heterocycles. The van der Waals surface area contributed by atoms with Crippen LogP contribution in [0.3, 0.4) is 0 Å². The number of hydrogen-bond acceptors (Lipinski definition) is 4. The molecule has 0 aromatic heterocycles. The van der Waals surface area contributed by atoms with E-state index >= 15 is 0 Å². The average molecular weight is 344 g/mol. The summed E-state index contributed by atoms with van der Waals surface area (Å²) in [6.45, 7) is 1.80. The zero-order valence-corrected chi connectivity index (χ0v) is 13.6. The van der Waals surface area contributed by atoms with Gasteiger partial charge in [0.15, 0.2) is 11.5 Å². The van der Waals surface area contributed by atoms with E-state index in [1.807, 2.05) is 0 Å². The third-order valence-corrected chi connectivity index (χ3v) is 3.74. The van der Waals surface area contributed by atoms with Crippen LogP contribution in [-0.4, -0.2) is 25.2 Å². The van der Waals surface area contributed by atoms with Crippen LogP contribution in [0.25, 0.3) is 0 Å². The van der Waals surface area contributed by atoms with Crippen LogP contribution in [-0.2, 0) is 9.59 Å². The number of carbonyl (C=O) groups is 2. The van der Waals surface area contributed by atoms with Gasteiger partial charge in [0.1, 0.15) is 5.82 Å². The summed E-state index contributed by atoms with van der Waals surface area (Å²) >= 11 is 0. The Balaban J connectivity index is 1.63. The third-order valence-electron chi connectivity index (χ3n) is 3.74. The lowest BCUT2D eigenvalue weighted by atomic mass is 10.2. The number of benzene rings is 2. The van der Waals surface area contributed by atoms with Crippen molar-refractivity contribution in [3.8, 4) is 11.5 Å². The number of halogens is 1. The first-order chi connectivity index (χ1) is 12.0. The van der Waals surface area contributed by atoms with Crippen molar-refractivity contribution >= 4 is 23.2 Å². The summed E-state index contributed by atoms with van der Waals surface area (Å²) in [6, 6.07) is 10.7. The van der Waals surface area contributed by atoms with Crippen LogP contribution >= 0.6 is 0 Å². The first-order valence-electron chi connectivity index (χ1n) is 7.76. The zero-order valence-electron chi connectivity index (χ0n) is 13.6. The Morgan fingerprint density at radius 2 is 1.84 bits per heavy atom. The van der Waals surface area contributed by atoms with E-state index in [9.17, 15) is 14.0 Å². The minimum Gasteiger partial charge on any atom is -0.454 e. The van der Waals surface area contributed by atoms with Crippen molar-refractivity contribution in [2.45, 2.75) is 13.3 Å². The molecule has 1 aliphatic rings. The average Bonchev–Trinajstić information content (AvgIpc) is 3.04. The molecule has 0 fully saturated rings. The Bertz CT molecular complexity index is 792. The minimum absolute atomic E-state index is 0.103. The minimum atomic E-state index is -0.372. The molecule has 0 unspecified atom stereocenters. The number of fused-ring (bicyclic) bond motifs is 1. The number of hydrogen-bond donors (Lipinski definition) is 1. The molecule has 1 aliphatic heterocycles. The van der Waals surface area contributed by atoms with Crippen LogP contribution < -0.4 is 19.7 Å². The number of ether oxygens (including phenoxy) is 2. The van der Waals surface area contributed by atoms with Gasteiger partial charge in [-0.25, -0.2) is 4.39 Å². The quantitative estimate of drug-likeness (QED) is 0.905. The molecule has 130 valence electrons. The molecule has 1 N–H and O–H groups in total. The lowest BCUT2D eigenvalue weighted by Crippen LogP contribution is -2.31. The summed E-state index contributed by atoms with van der Waals surface area (Å²) in [6.07, 6.45) is 0.103. The molecule has 25 heavy (non-hydrogen) atoms. The van der Waals surface area contributed by atoms with Gasteiger partial charge in [-0.1, -0.05) is 0 Å². The first-order valence-corrected chi connectivity index (χ1v) is 7.76. The molecule has 0 atom stereocenters. The summed E-state index contributed by atoms with van der Waals surface area (Å²) in [4.78, 5) is 25.5. The molecular weight excluding hydrogens is 327 g/mol. The largest absolute Gasteiger partial charge is 0.454 e. The molecule has 2 amide bonds. The highest BCUT2D eigenvalue weighted by atomic mass is 19.1. The normalized spacial score (nSPS) is 11.9. The van der Waals surface area contributed by atoms with E-state index in [-0.39, 0.29) is 37.4 Å². The van der Waals surface area contributed by atoms with E-state index in [0.29, 0.717) is 22.9 Å². The van der Waals surface area contributed by atoms with Gasteiger partial charge in [0.05, 0.1) is 0 Å². The standard InChI is InChI=1S/C18H17FN2O4/c1-12(22)21(15-6-7-16-17(10-15)25-11-24-16)9-8-18(23)20-14-4-2-13(19)3-5-14/h2-7,10H,8-9,11H2,1H3,(H,20,23). The second-order valence-corrected chi connectivity index (χ2v) is 5.51. The molecule has 0 spiro atoms. The summed E-state index contributed by atoms with van der Waals surface area (Å²) in [7, 11) is 0. The van der Waals surface area contributed by atoms with Gasteiger partial charge < -0.3 is 19.7 Å². The highest BCUT2D eigenvalue weighted by Crippen LogP contribution is 2.35. The molecule has 2 aromatic rings. The lowest BCUT2D eigenvalue weighted by Gasteiger charge is -2.21.